The van der Waals surface area contributed by atoms with Gasteiger partial charge in [0.05, 0.1) is 6.54 Å². The molecule has 4 nitrogen and oxygen atoms in total. The van der Waals surface area contributed by atoms with Gasteiger partial charge in [-0.05, 0) is 45.2 Å². The molecule has 1 aliphatic carbocycles. The zero-order valence-corrected chi connectivity index (χ0v) is 10.2. The van der Waals surface area contributed by atoms with Gasteiger partial charge in [0.1, 0.15) is 0 Å². The zero-order valence-electron chi connectivity index (χ0n) is 10.2. The monoisotopic (exact) mass is 225 g/mol. The van der Waals surface area contributed by atoms with Crippen LogP contribution in [0.3, 0.4) is 0 Å². The van der Waals surface area contributed by atoms with E-state index in [1.54, 1.807) is 0 Å². The first kappa shape index (κ1) is 11.9. The Balaban J connectivity index is 1.57. The molecule has 2 rings (SSSR count). The second kappa shape index (κ2) is 5.64. The molecule has 0 spiro atoms. The predicted octanol–water partition coefficient (Wildman–Crippen LogP) is 0.196. The first-order chi connectivity index (χ1) is 7.74. The Morgan fingerprint density at radius 3 is 2.88 bits per heavy atom. The average molecular weight is 225 g/mol. The van der Waals surface area contributed by atoms with Crippen LogP contribution < -0.4 is 10.6 Å². The van der Waals surface area contributed by atoms with Gasteiger partial charge in [0, 0.05) is 19.1 Å². The highest BCUT2D eigenvalue weighted by Gasteiger charge is 2.22. The number of hydrogen-bond donors (Lipinski definition) is 2. The first-order valence-corrected chi connectivity index (χ1v) is 6.42. The van der Waals surface area contributed by atoms with E-state index in [1.807, 2.05) is 7.05 Å². The molecule has 1 unspecified atom stereocenters. The smallest absolute Gasteiger partial charge is 0.234 e. The Morgan fingerprint density at radius 1 is 1.44 bits per heavy atom. The standard InChI is InChI=1S/C12H23N3O/c1-15(8-11-3-2-6-13-11)9-12(16)14-7-10-4-5-10/h10-11,13H,2-9H2,1H3,(H,14,16). The second-order valence-corrected chi connectivity index (χ2v) is 5.24. The highest BCUT2D eigenvalue weighted by Crippen LogP contribution is 2.27. The molecule has 2 fully saturated rings. The van der Waals surface area contributed by atoms with Crippen LogP contribution in [0.4, 0.5) is 0 Å². The van der Waals surface area contributed by atoms with Crippen LogP contribution in [0.15, 0.2) is 0 Å². The SMILES string of the molecule is CN(CC(=O)NCC1CC1)CC1CCCN1. The number of amides is 1. The average Bonchev–Trinajstić information content (AvgIpc) is 2.94. The summed E-state index contributed by atoms with van der Waals surface area (Å²) in [4.78, 5) is 13.7. The first-order valence-electron chi connectivity index (χ1n) is 6.42. The number of carbonyl (C=O) groups is 1. The van der Waals surface area contributed by atoms with Crippen molar-refractivity contribution in [3.8, 4) is 0 Å². The Morgan fingerprint density at radius 2 is 2.25 bits per heavy atom. The summed E-state index contributed by atoms with van der Waals surface area (Å²) in [7, 11) is 2.02. The fourth-order valence-corrected chi connectivity index (χ4v) is 2.23. The molecule has 0 radical (unpaired) electrons. The van der Waals surface area contributed by atoms with E-state index in [0.29, 0.717) is 12.6 Å². The van der Waals surface area contributed by atoms with E-state index in [0.717, 1.165) is 25.6 Å². The maximum absolute atomic E-state index is 11.6. The van der Waals surface area contributed by atoms with Gasteiger partial charge in [0.25, 0.3) is 0 Å². The summed E-state index contributed by atoms with van der Waals surface area (Å²) >= 11 is 0. The molecule has 1 saturated heterocycles. The Kier molecular flexibility index (Phi) is 4.18. The molecule has 0 aromatic carbocycles. The fourth-order valence-electron chi connectivity index (χ4n) is 2.23. The van der Waals surface area contributed by atoms with Crippen LogP contribution in [0.1, 0.15) is 25.7 Å². The van der Waals surface area contributed by atoms with Crippen LogP contribution in [0.2, 0.25) is 0 Å². The van der Waals surface area contributed by atoms with E-state index in [1.165, 1.54) is 25.7 Å². The third-order valence-corrected chi connectivity index (χ3v) is 3.39. The normalized spacial score (nSPS) is 25.0. The van der Waals surface area contributed by atoms with Gasteiger partial charge in [-0.15, -0.1) is 0 Å². The number of likely N-dealkylation sites (N-methyl/N-ethyl adjacent to an activating group) is 1. The van der Waals surface area contributed by atoms with Crippen molar-refractivity contribution in [2.24, 2.45) is 5.92 Å². The van der Waals surface area contributed by atoms with Crippen molar-refractivity contribution in [3.63, 3.8) is 0 Å². The highest BCUT2D eigenvalue weighted by atomic mass is 16.2. The molecular formula is C12H23N3O. The maximum atomic E-state index is 11.6. The third kappa shape index (κ3) is 4.10. The molecule has 2 N–H and O–H groups in total. The van der Waals surface area contributed by atoms with Crippen molar-refractivity contribution in [2.75, 3.05) is 33.2 Å². The second-order valence-electron chi connectivity index (χ2n) is 5.24. The summed E-state index contributed by atoms with van der Waals surface area (Å²) in [6.07, 6.45) is 5.10. The van der Waals surface area contributed by atoms with E-state index in [-0.39, 0.29) is 5.91 Å². The molecule has 1 atom stereocenters. The van der Waals surface area contributed by atoms with Crippen molar-refractivity contribution in [1.82, 2.24) is 15.5 Å². The van der Waals surface area contributed by atoms with Gasteiger partial charge in [-0.25, -0.2) is 0 Å². The minimum absolute atomic E-state index is 0.174. The van der Waals surface area contributed by atoms with Gasteiger partial charge in [-0.1, -0.05) is 0 Å². The molecule has 2 aliphatic rings. The molecule has 0 aromatic heterocycles. The molecule has 16 heavy (non-hydrogen) atoms. The minimum Gasteiger partial charge on any atom is -0.355 e. The van der Waals surface area contributed by atoms with E-state index in [4.69, 9.17) is 0 Å². The molecule has 0 bridgehead atoms. The lowest BCUT2D eigenvalue weighted by molar-refractivity contribution is -0.122. The summed E-state index contributed by atoms with van der Waals surface area (Å²) in [5.74, 6) is 0.943. The number of rotatable bonds is 6. The van der Waals surface area contributed by atoms with Crippen LogP contribution in [0.5, 0.6) is 0 Å². The largest absolute Gasteiger partial charge is 0.355 e. The molecule has 92 valence electrons. The van der Waals surface area contributed by atoms with Crippen LogP contribution in [0, 0.1) is 5.92 Å². The highest BCUT2D eigenvalue weighted by molar-refractivity contribution is 5.77. The zero-order chi connectivity index (χ0) is 11.4. The van der Waals surface area contributed by atoms with Gasteiger partial charge in [0.2, 0.25) is 5.91 Å². The predicted molar refractivity (Wildman–Crippen MR) is 64.3 cm³/mol. The number of nitrogens with zero attached hydrogens (tertiary/aromatic N) is 1. The van der Waals surface area contributed by atoms with Crippen molar-refractivity contribution in [1.29, 1.82) is 0 Å². The quantitative estimate of drug-likeness (QED) is 0.678. The summed E-state index contributed by atoms with van der Waals surface area (Å²) < 4.78 is 0. The topological polar surface area (TPSA) is 44.4 Å². The Hall–Kier alpha value is -0.610. The maximum Gasteiger partial charge on any atom is 0.234 e. The van der Waals surface area contributed by atoms with Gasteiger partial charge >= 0.3 is 0 Å². The van der Waals surface area contributed by atoms with E-state index in [9.17, 15) is 4.79 Å². The van der Waals surface area contributed by atoms with Gasteiger partial charge in [-0.3, -0.25) is 9.69 Å². The molecule has 1 saturated carbocycles. The Bertz CT molecular complexity index is 234. The molecular weight excluding hydrogens is 202 g/mol. The van der Waals surface area contributed by atoms with Crippen molar-refractivity contribution < 1.29 is 4.79 Å². The molecule has 1 heterocycles. The van der Waals surface area contributed by atoms with Gasteiger partial charge < -0.3 is 10.6 Å². The minimum atomic E-state index is 0.174. The molecule has 0 aromatic rings. The summed E-state index contributed by atoms with van der Waals surface area (Å²) in [5, 5.41) is 6.45. The summed E-state index contributed by atoms with van der Waals surface area (Å²) in [6, 6.07) is 0.584. The van der Waals surface area contributed by atoms with Gasteiger partial charge in [0.15, 0.2) is 0 Å². The molecule has 4 heteroatoms. The van der Waals surface area contributed by atoms with Crippen LogP contribution in [-0.2, 0) is 4.79 Å². The lowest BCUT2D eigenvalue weighted by Crippen LogP contribution is -2.41. The third-order valence-electron chi connectivity index (χ3n) is 3.39. The summed E-state index contributed by atoms with van der Waals surface area (Å²) in [5.41, 5.74) is 0. The lowest BCUT2D eigenvalue weighted by Gasteiger charge is -2.20. The number of hydrogen-bond acceptors (Lipinski definition) is 3. The van der Waals surface area contributed by atoms with E-state index in [2.05, 4.69) is 15.5 Å². The number of carbonyl (C=O) groups excluding carboxylic acids is 1. The Labute approximate surface area is 97.8 Å². The van der Waals surface area contributed by atoms with Crippen LogP contribution in [-0.4, -0.2) is 50.1 Å². The van der Waals surface area contributed by atoms with Crippen molar-refractivity contribution >= 4 is 5.91 Å². The summed E-state index contributed by atoms with van der Waals surface area (Å²) in [6.45, 7) is 3.53. The van der Waals surface area contributed by atoms with Gasteiger partial charge in [-0.2, -0.15) is 0 Å². The van der Waals surface area contributed by atoms with E-state index < -0.39 is 0 Å². The van der Waals surface area contributed by atoms with Crippen molar-refractivity contribution in [2.45, 2.75) is 31.7 Å². The van der Waals surface area contributed by atoms with Crippen LogP contribution in [0.25, 0.3) is 0 Å². The molecule has 1 amide bonds. The van der Waals surface area contributed by atoms with Crippen molar-refractivity contribution in [3.05, 3.63) is 0 Å². The number of nitrogens with one attached hydrogen (secondary N) is 2. The fraction of sp³-hybridized carbons (Fsp3) is 0.917. The van der Waals surface area contributed by atoms with Crippen LogP contribution >= 0.6 is 0 Å². The molecule has 1 aliphatic heterocycles. The lowest BCUT2D eigenvalue weighted by atomic mass is 10.2. The van der Waals surface area contributed by atoms with E-state index >= 15 is 0 Å².